The third-order valence-electron chi connectivity index (χ3n) is 8.70. The Morgan fingerprint density at radius 3 is 2.61 bits per heavy atom. The van der Waals surface area contributed by atoms with Crippen LogP contribution in [0.4, 0.5) is 0 Å². The standard InChI is InChI=1S/C26H34ClNO3/c1-17-4-3-9-25(2)15-23-20(14-22(17)25)21(24(29)31-23)16-28-12-10-26(30,11-13-28)18-5-7-19(27)8-6-18/h5-8,20-21,23,30H,3-4,9-16H2,1-2H3/t20-,21+,23+,25+/m0/s1. The van der Waals surface area contributed by atoms with Gasteiger partial charge in [0.15, 0.2) is 0 Å². The first-order chi connectivity index (χ1) is 14.8. The molecule has 0 unspecified atom stereocenters. The first-order valence-corrected chi connectivity index (χ1v) is 12.3. The maximum atomic E-state index is 12.9. The molecule has 168 valence electrons. The summed E-state index contributed by atoms with van der Waals surface area (Å²) in [5.41, 5.74) is 3.51. The predicted octanol–water partition coefficient (Wildman–Crippen LogP) is 5.08. The molecule has 0 amide bonds. The van der Waals surface area contributed by atoms with E-state index >= 15 is 0 Å². The molecular weight excluding hydrogens is 410 g/mol. The molecular formula is C26H34ClNO3. The largest absolute Gasteiger partial charge is 0.462 e. The number of halogens is 1. The van der Waals surface area contributed by atoms with Crippen LogP contribution >= 0.6 is 11.6 Å². The van der Waals surface area contributed by atoms with Crippen LogP contribution in [-0.2, 0) is 15.1 Å². The highest BCUT2D eigenvalue weighted by molar-refractivity contribution is 6.30. The molecule has 2 heterocycles. The molecule has 5 rings (SSSR count). The van der Waals surface area contributed by atoms with Crippen LogP contribution in [0.3, 0.4) is 0 Å². The van der Waals surface area contributed by atoms with Gasteiger partial charge >= 0.3 is 5.97 Å². The summed E-state index contributed by atoms with van der Waals surface area (Å²) in [6, 6.07) is 7.54. The molecule has 4 atom stereocenters. The number of esters is 1. The number of nitrogens with zero attached hydrogens (tertiary/aromatic N) is 1. The molecule has 31 heavy (non-hydrogen) atoms. The van der Waals surface area contributed by atoms with Gasteiger partial charge in [0.2, 0.25) is 0 Å². The van der Waals surface area contributed by atoms with E-state index < -0.39 is 5.60 Å². The second kappa shape index (κ2) is 7.90. The van der Waals surface area contributed by atoms with E-state index in [9.17, 15) is 9.90 Å². The fraction of sp³-hybridized carbons (Fsp3) is 0.654. The second-order valence-corrected chi connectivity index (χ2v) is 11.1. The number of likely N-dealkylation sites (tertiary alicyclic amines) is 1. The Bertz CT molecular complexity index is 886. The molecule has 2 aliphatic heterocycles. The molecule has 1 N–H and O–H groups in total. The summed E-state index contributed by atoms with van der Waals surface area (Å²) in [4.78, 5) is 15.2. The third-order valence-corrected chi connectivity index (χ3v) is 8.95. The molecule has 4 nitrogen and oxygen atoms in total. The van der Waals surface area contributed by atoms with Gasteiger partial charge in [0.1, 0.15) is 6.10 Å². The number of benzene rings is 1. The van der Waals surface area contributed by atoms with E-state index in [2.05, 4.69) is 18.7 Å². The molecule has 1 aromatic rings. The zero-order chi connectivity index (χ0) is 21.8. The summed E-state index contributed by atoms with van der Waals surface area (Å²) in [7, 11) is 0. The number of allylic oxidation sites excluding steroid dienone is 2. The fourth-order valence-electron chi connectivity index (χ4n) is 6.75. The summed E-state index contributed by atoms with van der Waals surface area (Å²) < 4.78 is 5.94. The molecule has 1 aromatic carbocycles. The highest BCUT2D eigenvalue weighted by Crippen LogP contribution is 2.55. The third kappa shape index (κ3) is 3.85. The van der Waals surface area contributed by atoms with Crippen molar-refractivity contribution in [1.29, 1.82) is 0 Å². The molecule has 0 spiro atoms. The zero-order valence-electron chi connectivity index (χ0n) is 18.7. The summed E-state index contributed by atoms with van der Waals surface area (Å²) in [5, 5.41) is 11.9. The van der Waals surface area contributed by atoms with Crippen molar-refractivity contribution in [2.45, 2.75) is 70.5 Å². The summed E-state index contributed by atoms with van der Waals surface area (Å²) >= 11 is 6.01. The monoisotopic (exact) mass is 443 g/mol. The van der Waals surface area contributed by atoms with Crippen molar-refractivity contribution in [2.75, 3.05) is 19.6 Å². The van der Waals surface area contributed by atoms with E-state index in [4.69, 9.17) is 16.3 Å². The Labute approximate surface area is 190 Å². The smallest absolute Gasteiger partial charge is 0.310 e. The number of piperidine rings is 1. The highest BCUT2D eigenvalue weighted by atomic mass is 35.5. The lowest BCUT2D eigenvalue weighted by Crippen LogP contribution is -2.46. The van der Waals surface area contributed by atoms with Gasteiger partial charge in [-0.05, 0) is 75.0 Å². The Hall–Kier alpha value is -1.36. The normalized spacial score (nSPS) is 35.5. The molecule has 4 aliphatic rings. The van der Waals surface area contributed by atoms with Gasteiger partial charge in [-0.2, -0.15) is 0 Å². The molecule has 0 aromatic heterocycles. The minimum absolute atomic E-state index is 0.00552. The van der Waals surface area contributed by atoms with Crippen LogP contribution in [0.2, 0.25) is 5.02 Å². The van der Waals surface area contributed by atoms with Crippen LogP contribution in [0.15, 0.2) is 35.4 Å². The number of hydrogen-bond acceptors (Lipinski definition) is 4. The van der Waals surface area contributed by atoms with Crippen molar-refractivity contribution >= 4 is 17.6 Å². The van der Waals surface area contributed by atoms with E-state index in [1.807, 2.05) is 24.3 Å². The lowest BCUT2D eigenvalue weighted by atomic mass is 9.59. The molecule has 3 fully saturated rings. The van der Waals surface area contributed by atoms with Gasteiger partial charge in [-0.3, -0.25) is 4.79 Å². The van der Waals surface area contributed by atoms with Crippen LogP contribution in [-0.4, -0.2) is 41.7 Å². The van der Waals surface area contributed by atoms with Gasteiger partial charge in [-0.1, -0.05) is 41.8 Å². The topological polar surface area (TPSA) is 49.8 Å². The lowest BCUT2D eigenvalue weighted by Gasteiger charge is -2.46. The Kier molecular flexibility index (Phi) is 5.47. The van der Waals surface area contributed by atoms with Gasteiger partial charge < -0.3 is 14.7 Å². The molecule has 0 radical (unpaired) electrons. The fourth-order valence-corrected chi connectivity index (χ4v) is 6.88. The number of fused-ring (bicyclic) bond motifs is 2. The number of carbonyl (C=O) groups excluding carboxylic acids is 1. The van der Waals surface area contributed by atoms with Gasteiger partial charge in [0.05, 0.1) is 11.5 Å². The summed E-state index contributed by atoms with van der Waals surface area (Å²) in [6.07, 6.45) is 7.12. The van der Waals surface area contributed by atoms with Gasteiger partial charge in [0.25, 0.3) is 0 Å². The minimum Gasteiger partial charge on any atom is -0.462 e. The van der Waals surface area contributed by atoms with Crippen molar-refractivity contribution in [3.05, 3.63) is 46.0 Å². The second-order valence-electron chi connectivity index (χ2n) is 10.7. The minimum atomic E-state index is -0.809. The average molecular weight is 444 g/mol. The van der Waals surface area contributed by atoms with E-state index in [1.165, 1.54) is 19.3 Å². The van der Waals surface area contributed by atoms with E-state index in [-0.39, 0.29) is 23.4 Å². The molecule has 1 saturated carbocycles. The van der Waals surface area contributed by atoms with Crippen molar-refractivity contribution in [2.24, 2.45) is 17.3 Å². The maximum Gasteiger partial charge on any atom is 0.310 e. The summed E-state index contributed by atoms with van der Waals surface area (Å²) in [6.45, 7) is 7.01. The Balaban J connectivity index is 1.26. The Morgan fingerprint density at radius 1 is 1.19 bits per heavy atom. The van der Waals surface area contributed by atoms with E-state index in [0.717, 1.165) is 38.0 Å². The number of carbonyl (C=O) groups is 1. The summed E-state index contributed by atoms with van der Waals surface area (Å²) in [5.74, 6) is 0.258. The van der Waals surface area contributed by atoms with Crippen molar-refractivity contribution in [3.8, 4) is 0 Å². The molecule has 2 aliphatic carbocycles. The van der Waals surface area contributed by atoms with Crippen LogP contribution < -0.4 is 0 Å². The highest BCUT2D eigenvalue weighted by Gasteiger charge is 2.53. The molecule has 2 saturated heterocycles. The first-order valence-electron chi connectivity index (χ1n) is 11.9. The van der Waals surface area contributed by atoms with Gasteiger partial charge in [-0.15, -0.1) is 0 Å². The number of hydrogen-bond donors (Lipinski definition) is 1. The van der Waals surface area contributed by atoms with Crippen molar-refractivity contribution in [3.63, 3.8) is 0 Å². The van der Waals surface area contributed by atoms with Gasteiger partial charge in [-0.25, -0.2) is 0 Å². The van der Waals surface area contributed by atoms with Crippen LogP contribution in [0.1, 0.15) is 64.4 Å². The number of rotatable bonds is 3. The Morgan fingerprint density at radius 2 is 1.90 bits per heavy atom. The van der Waals surface area contributed by atoms with Crippen molar-refractivity contribution < 1.29 is 14.6 Å². The van der Waals surface area contributed by atoms with Crippen molar-refractivity contribution in [1.82, 2.24) is 4.90 Å². The first kappa shape index (κ1) is 21.5. The molecule has 5 heteroatoms. The van der Waals surface area contributed by atoms with Gasteiger partial charge in [0, 0.05) is 30.6 Å². The van der Waals surface area contributed by atoms with E-state index in [1.54, 1.807) is 11.1 Å². The number of ether oxygens (including phenoxy) is 1. The quantitative estimate of drug-likeness (QED) is 0.522. The average Bonchev–Trinajstić information content (AvgIpc) is 3.02. The van der Waals surface area contributed by atoms with E-state index in [0.29, 0.717) is 23.8 Å². The SMILES string of the molecule is CC1=C2C[C@@H]3[C@@H](C[C@@]2(C)CCC1)OC(=O)[C@@H]3CN1CCC(O)(c2ccc(Cl)cc2)CC1. The predicted molar refractivity (Wildman–Crippen MR) is 122 cm³/mol. The lowest BCUT2D eigenvalue weighted by molar-refractivity contribution is -0.145. The molecule has 0 bridgehead atoms. The maximum absolute atomic E-state index is 12.9. The number of aliphatic hydroxyl groups is 1. The van der Waals surface area contributed by atoms with Crippen LogP contribution in [0.25, 0.3) is 0 Å². The zero-order valence-corrected chi connectivity index (χ0v) is 19.5. The van der Waals surface area contributed by atoms with Crippen LogP contribution in [0.5, 0.6) is 0 Å². The van der Waals surface area contributed by atoms with Crippen LogP contribution in [0, 0.1) is 17.3 Å².